The van der Waals surface area contributed by atoms with E-state index in [2.05, 4.69) is 22.8 Å². The second kappa shape index (κ2) is 5.19. The zero-order valence-corrected chi connectivity index (χ0v) is 11.6. The molecule has 19 heavy (non-hydrogen) atoms. The Balaban J connectivity index is 1.84. The molecule has 0 aliphatic rings. The van der Waals surface area contributed by atoms with Gasteiger partial charge >= 0.3 is 0 Å². The number of rotatable bonds is 3. The fourth-order valence-electron chi connectivity index (χ4n) is 1.99. The van der Waals surface area contributed by atoms with Crippen molar-refractivity contribution in [3.05, 3.63) is 64.2 Å². The molecule has 0 unspecified atom stereocenters. The van der Waals surface area contributed by atoms with E-state index in [4.69, 9.17) is 11.6 Å². The summed E-state index contributed by atoms with van der Waals surface area (Å²) in [5, 5.41) is 6.93. The summed E-state index contributed by atoms with van der Waals surface area (Å²) in [6.45, 7) is 0.585. The molecule has 0 bridgehead atoms. The molecule has 0 fully saturated rings. The quantitative estimate of drug-likeness (QED) is 0.690. The SMILES string of the molecule is Fc1ccc(Cl)cc1NCc1csc2ccccc12. The Morgan fingerprint density at radius 2 is 2.00 bits per heavy atom. The van der Waals surface area contributed by atoms with Crippen molar-refractivity contribution in [2.24, 2.45) is 0 Å². The van der Waals surface area contributed by atoms with Crippen LogP contribution in [0.25, 0.3) is 10.1 Å². The van der Waals surface area contributed by atoms with Crippen LogP contribution in [0.3, 0.4) is 0 Å². The predicted molar refractivity (Wildman–Crippen MR) is 80.6 cm³/mol. The van der Waals surface area contributed by atoms with Crippen molar-refractivity contribution in [2.75, 3.05) is 5.32 Å². The molecule has 4 heteroatoms. The lowest BCUT2D eigenvalue weighted by molar-refractivity contribution is 0.630. The van der Waals surface area contributed by atoms with Crippen LogP contribution in [0, 0.1) is 5.82 Å². The average Bonchev–Trinajstić information content (AvgIpc) is 2.83. The molecule has 0 aliphatic carbocycles. The van der Waals surface area contributed by atoms with Crippen molar-refractivity contribution < 1.29 is 4.39 Å². The van der Waals surface area contributed by atoms with Gasteiger partial charge in [-0.15, -0.1) is 11.3 Å². The second-order valence-corrected chi connectivity index (χ2v) is 5.58. The standard InChI is InChI=1S/C15H11ClFNS/c16-11-5-6-13(17)14(7-11)18-8-10-9-19-15-4-2-1-3-12(10)15/h1-7,9,18H,8H2. The Morgan fingerprint density at radius 1 is 1.16 bits per heavy atom. The molecule has 1 nitrogen and oxygen atoms in total. The van der Waals surface area contributed by atoms with Gasteiger partial charge < -0.3 is 5.32 Å². The van der Waals surface area contributed by atoms with Gasteiger partial charge in [0.2, 0.25) is 0 Å². The first kappa shape index (κ1) is 12.5. The fraction of sp³-hybridized carbons (Fsp3) is 0.0667. The highest BCUT2D eigenvalue weighted by Gasteiger charge is 2.06. The maximum absolute atomic E-state index is 13.6. The Hall–Kier alpha value is -1.58. The molecule has 0 spiro atoms. The number of hydrogen-bond acceptors (Lipinski definition) is 2. The number of nitrogens with one attached hydrogen (secondary N) is 1. The lowest BCUT2D eigenvalue weighted by Gasteiger charge is -2.07. The Kier molecular flexibility index (Phi) is 3.40. The van der Waals surface area contributed by atoms with Crippen molar-refractivity contribution in [1.82, 2.24) is 0 Å². The average molecular weight is 292 g/mol. The van der Waals surface area contributed by atoms with E-state index in [1.165, 1.54) is 21.7 Å². The first-order valence-corrected chi connectivity index (χ1v) is 7.14. The lowest BCUT2D eigenvalue weighted by Crippen LogP contribution is -2.00. The third-order valence-corrected chi connectivity index (χ3v) is 4.21. The van der Waals surface area contributed by atoms with Gasteiger partial charge in [-0.2, -0.15) is 0 Å². The molecule has 2 aromatic carbocycles. The fourth-order valence-corrected chi connectivity index (χ4v) is 3.13. The van der Waals surface area contributed by atoms with Crippen LogP contribution in [0.4, 0.5) is 10.1 Å². The molecule has 0 saturated heterocycles. The van der Waals surface area contributed by atoms with Crippen LogP contribution in [0.1, 0.15) is 5.56 Å². The van der Waals surface area contributed by atoms with Crippen molar-refractivity contribution >= 4 is 38.7 Å². The number of anilines is 1. The van der Waals surface area contributed by atoms with Crippen LogP contribution in [-0.4, -0.2) is 0 Å². The third kappa shape index (κ3) is 2.57. The highest BCUT2D eigenvalue weighted by molar-refractivity contribution is 7.17. The summed E-state index contributed by atoms with van der Waals surface area (Å²) in [6.07, 6.45) is 0. The van der Waals surface area contributed by atoms with Crippen LogP contribution in [0.5, 0.6) is 0 Å². The summed E-state index contributed by atoms with van der Waals surface area (Å²) >= 11 is 7.56. The van der Waals surface area contributed by atoms with E-state index in [0.29, 0.717) is 17.3 Å². The lowest BCUT2D eigenvalue weighted by atomic mass is 10.2. The molecule has 0 aliphatic heterocycles. The molecule has 3 aromatic rings. The van der Waals surface area contributed by atoms with Crippen LogP contribution in [-0.2, 0) is 6.54 Å². The first-order chi connectivity index (χ1) is 9.24. The summed E-state index contributed by atoms with van der Waals surface area (Å²) < 4.78 is 14.8. The number of benzene rings is 2. The highest BCUT2D eigenvalue weighted by Crippen LogP contribution is 2.27. The molecule has 0 saturated carbocycles. The van der Waals surface area contributed by atoms with E-state index in [0.717, 1.165) is 0 Å². The van der Waals surface area contributed by atoms with Gasteiger partial charge in [-0.25, -0.2) is 4.39 Å². The normalized spacial score (nSPS) is 10.8. The highest BCUT2D eigenvalue weighted by atomic mass is 35.5. The summed E-state index contributed by atoms with van der Waals surface area (Å²) in [7, 11) is 0. The molecule has 1 heterocycles. The molecule has 0 atom stereocenters. The number of halogens is 2. The summed E-state index contributed by atoms with van der Waals surface area (Å²) in [5.41, 5.74) is 1.60. The molecule has 1 aromatic heterocycles. The van der Waals surface area contributed by atoms with Gasteiger partial charge in [0.15, 0.2) is 0 Å². The molecule has 96 valence electrons. The zero-order valence-electron chi connectivity index (χ0n) is 9.99. The monoisotopic (exact) mass is 291 g/mol. The van der Waals surface area contributed by atoms with Crippen molar-refractivity contribution in [3.63, 3.8) is 0 Å². The smallest absolute Gasteiger partial charge is 0.146 e. The van der Waals surface area contributed by atoms with E-state index >= 15 is 0 Å². The first-order valence-electron chi connectivity index (χ1n) is 5.88. The summed E-state index contributed by atoms with van der Waals surface area (Å²) in [6, 6.07) is 12.7. The van der Waals surface area contributed by atoms with E-state index in [1.807, 2.05) is 12.1 Å². The maximum atomic E-state index is 13.6. The minimum Gasteiger partial charge on any atom is -0.379 e. The minimum absolute atomic E-state index is 0.288. The van der Waals surface area contributed by atoms with Gasteiger partial charge in [0, 0.05) is 16.3 Å². The van der Waals surface area contributed by atoms with Crippen molar-refractivity contribution in [1.29, 1.82) is 0 Å². The van der Waals surface area contributed by atoms with Gasteiger partial charge in [0.05, 0.1) is 5.69 Å². The van der Waals surface area contributed by atoms with Crippen LogP contribution < -0.4 is 5.32 Å². The Bertz CT molecular complexity index is 723. The van der Waals surface area contributed by atoms with E-state index in [9.17, 15) is 4.39 Å². The van der Waals surface area contributed by atoms with Gasteiger partial charge in [-0.1, -0.05) is 29.8 Å². The molecule has 0 amide bonds. The Morgan fingerprint density at radius 3 is 2.89 bits per heavy atom. The van der Waals surface area contributed by atoms with Gasteiger partial charge in [-0.05, 0) is 40.6 Å². The van der Waals surface area contributed by atoms with E-state index in [-0.39, 0.29) is 5.82 Å². The number of thiophene rings is 1. The summed E-state index contributed by atoms with van der Waals surface area (Å²) in [4.78, 5) is 0. The van der Waals surface area contributed by atoms with Gasteiger partial charge in [0.25, 0.3) is 0 Å². The Labute approximate surface area is 119 Å². The number of fused-ring (bicyclic) bond motifs is 1. The van der Waals surface area contributed by atoms with Crippen molar-refractivity contribution in [2.45, 2.75) is 6.54 Å². The van der Waals surface area contributed by atoms with Crippen LogP contribution in [0.2, 0.25) is 5.02 Å². The van der Waals surface area contributed by atoms with Crippen LogP contribution >= 0.6 is 22.9 Å². The molecule has 0 radical (unpaired) electrons. The third-order valence-electron chi connectivity index (χ3n) is 2.96. The van der Waals surface area contributed by atoms with E-state index in [1.54, 1.807) is 23.5 Å². The largest absolute Gasteiger partial charge is 0.379 e. The van der Waals surface area contributed by atoms with Gasteiger partial charge in [0.1, 0.15) is 5.82 Å². The topological polar surface area (TPSA) is 12.0 Å². The zero-order chi connectivity index (χ0) is 13.2. The van der Waals surface area contributed by atoms with Crippen molar-refractivity contribution in [3.8, 4) is 0 Å². The van der Waals surface area contributed by atoms with E-state index < -0.39 is 0 Å². The second-order valence-electron chi connectivity index (χ2n) is 4.23. The van der Waals surface area contributed by atoms with Crippen LogP contribution in [0.15, 0.2) is 47.8 Å². The predicted octanol–water partition coefficient (Wildman–Crippen LogP) is 5.31. The number of hydrogen-bond donors (Lipinski definition) is 1. The molecule has 3 rings (SSSR count). The summed E-state index contributed by atoms with van der Waals surface area (Å²) in [5.74, 6) is -0.288. The minimum atomic E-state index is -0.288. The molecular weight excluding hydrogens is 281 g/mol. The van der Waals surface area contributed by atoms with Gasteiger partial charge in [-0.3, -0.25) is 0 Å². The maximum Gasteiger partial charge on any atom is 0.146 e. The molecule has 1 N–H and O–H groups in total. The molecular formula is C15H11ClFNS.